The minimum absolute atomic E-state index is 0.0198. The molecule has 2 unspecified atom stereocenters. The summed E-state index contributed by atoms with van der Waals surface area (Å²) in [6.07, 6.45) is 0.208. The molecule has 2 rings (SSSR count). The Bertz CT molecular complexity index is 381. The van der Waals surface area contributed by atoms with Gasteiger partial charge in [-0.05, 0) is 20.8 Å². The first kappa shape index (κ1) is 11.5. The standard InChI is InChI=1S/C11H16N2O2S/c1-7-4-13(5-8(2)15-7)11(14)10-6-16-9(3)12-10/h6-8H,4-5H2,1-3H3. The van der Waals surface area contributed by atoms with Crippen molar-refractivity contribution in [2.45, 2.75) is 33.0 Å². The second kappa shape index (κ2) is 4.51. The maximum atomic E-state index is 12.1. The van der Waals surface area contributed by atoms with E-state index in [1.807, 2.05) is 31.1 Å². The molecular formula is C11H16N2O2S. The average molecular weight is 240 g/mol. The molecule has 1 fully saturated rings. The Morgan fingerprint density at radius 2 is 2.12 bits per heavy atom. The molecule has 0 aromatic carbocycles. The van der Waals surface area contributed by atoms with Crippen LogP contribution in [-0.4, -0.2) is 41.1 Å². The van der Waals surface area contributed by atoms with Crippen LogP contribution in [0, 0.1) is 6.92 Å². The molecule has 4 nitrogen and oxygen atoms in total. The molecule has 88 valence electrons. The van der Waals surface area contributed by atoms with Crippen LogP contribution in [0.5, 0.6) is 0 Å². The molecule has 0 aliphatic carbocycles. The monoisotopic (exact) mass is 240 g/mol. The van der Waals surface area contributed by atoms with E-state index < -0.39 is 0 Å². The van der Waals surface area contributed by atoms with Crippen LogP contribution in [0.4, 0.5) is 0 Å². The first-order chi connectivity index (χ1) is 7.56. The lowest BCUT2D eigenvalue weighted by atomic mass is 10.2. The van der Waals surface area contributed by atoms with Gasteiger partial charge in [-0.25, -0.2) is 4.98 Å². The molecule has 0 spiro atoms. The van der Waals surface area contributed by atoms with E-state index in [-0.39, 0.29) is 18.1 Å². The van der Waals surface area contributed by atoms with Crippen LogP contribution in [0.2, 0.25) is 0 Å². The number of amides is 1. The van der Waals surface area contributed by atoms with Crippen LogP contribution in [-0.2, 0) is 4.74 Å². The van der Waals surface area contributed by atoms with E-state index in [1.165, 1.54) is 11.3 Å². The lowest BCUT2D eigenvalue weighted by molar-refractivity contribution is -0.0587. The Morgan fingerprint density at radius 3 is 2.62 bits per heavy atom. The number of ether oxygens (including phenoxy) is 1. The summed E-state index contributed by atoms with van der Waals surface area (Å²) in [6.45, 7) is 7.19. The number of hydrogen-bond acceptors (Lipinski definition) is 4. The van der Waals surface area contributed by atoms with Gasteiger partial charge in [0.25, 0.3) is 5.91 Å². The average Bonchev–Trinajstić information content (AvgIpc) is 2.62. The number of carbonyl (C=O) groups excluding carboxylic acids is 1. The zero-order chi connectivity index (χ0) is 11.7. The second-order valence-electron chi connectivity index (χ2n) is 4.22. The van der Waals surface area contributed by atoms with Crippen molar-refractivity contribution in [2.24, 2.45) is 0 Å². The predicted octanol–water partition coefficient (Wildman–Crippen LogP) is 1.70. The fourth-order valence-electron chi connectivity index (χ4n) is 1.97. The lowest BCUT2D eigenvalue weighted by Crippen LogP contribution is -2.48. The topological polar surface area (TPSA) is 42.4 Å². The molecular weight excluding hydrogens is 224 g/mol. The molecule has 1 amide bonds. The fraction of sp³-hybridized carbons (Fsp3) is 0.636. The van der Waals surface area contributed by atoms with Gasteiger partial charge >= 0.3 is 0 Å². The Labute approximate surface area is 99.2 Å². The summed E-state index contributed by atoms with van der Waals surface area (Å²) in [7, 11) is 0. The molecule has 16 heavy (non-hydrogen) atoms. The third kappa shape index (κ3) is 2.41. The van der Waals surface area contributed by atoms with Crippen molar-refractivity contribution in [3.8, 4) is 0 Å². The molecule has 1 aromatic heterocycles. The number of carbonyl (C=O) groups is 1. The molecule has 0 bridgehead atoms. The quantitative estimate of drug-likeness (QED) is 0.750. The van der Waals surface area contributed by atoms with Gasteiger partial charge in [0.1, 0.15) is 5.69 Å². The van der Waals surface area contributed by atoms with Gasteiger partial charge in [0.2, 0.25) is 0 Å². The third-order valence-electron chi connectivity index (χ3n) is 2.54. The SMILES string of the molecule is Cc1nc(C(=O)N2CC(C)OC(C)C2)cs1. The summed E-state index contributed by atoms with van der Waals surface area (Å²) in [5.41, 5.74) is 0.559. The maximum absolute atomic E-state index is 12.1. The smallest absolute Gasteiger partial charge is 0.273 e. The highest BCUT2D eigenvalue weighted by Gasteiger charge is 2.27. The largest absolute Gasteiger partial charge is 0.372 e. The highest BCUT2D eigenvalue weighted by Crippen LogP contribution is 2.15. The molecule has 0 N–H and O–H groups in total. The lowest BCUT2D eigenvalue weighted by Gasteiger charge is -2.34. The first-order valence-corrected chi connectivity index (χ1v) is 6.31. The Morgan fingerprint density at radius 1 is 1.50 bits per heavy atom. The Kier molecular flexibility index (Phi) is 3.25. The number of thiazole rings is 1. The molecule has 2 heterocycles. The van der Waals surface area contributed by atoms with E-state index in [1.54, 1.807) is 0 Å². The summed E-state index contributed by atoms with van der Waals surface area (Å²) in [4.78, 5) is 18.2. The molecule has 1 saturated heterocycles. The van der Waals surface area contributed by atoms with Crippen molar-refractivity contribution in [2.75, 3.05) is 13.1 Å². The molecule has 1 aromatic rings. The van der Waals surface area contributed by atoms with Gasteiger partial charge < -0.3 is 9.64 Å². The van der Waals surface area contributed by atoms with Crippen molar-refractivity contribution in [1.29, 1.82) is 0 Å². The normalized spacial score (nSPS) is 25.8. The van der Waals surface area contributed by atoms with Crippen LogP contribution < -0.4 is 0 Å². The van der Waals surface area contributed by atoms with Gasteiger partial charge in [0.05, 0.1) is 17.2 Å². The zero-order valence-electron chi connectivity index (χ0n) is 9.77. The summed E-state index contributed by atoms with van der Waals surface area (Å²) in [6, 6.07) is 0. The van der Waals surface area contributed by atoms with E-state index >= 15 is 0 Å². The van der Waals surface area contributed by atoms with E-state index in [2.05, 4.69) is 4.98 Å². The van der Waals surface area contributed by atoms with Crippen molar-refractivity contribution < 1.29 is 9.53 Å². The molecule has 5 heteroatoms. The number of aromatic nitrogens is 1. The summed E-state index contributed by atoms with van der Waals surface area (Å²) in [5.74, 6) is 0.0198. The number of nitrogens with zero attached hydrogens (tertiary/aromatic N) is 2. The molecule has 2 atom stereocenters. The van der Waals surface area contributed by atoms with Gasteiger partial charge in [-0.2, -0.15) is 0 Å². The fourth-order valence-corrected chi connectivity index (χ4v) is 2.55. The minimum Gasteiger partial charge on any atom is -0.372 e. The minimum atomic E-state index is 0.0198. The van der Waals surface area contributed by atoms with Crippen LogP contribution in [0.3, 0.4) is 0 Å². The number of aryl methyl sites for hydroxylation is 1. The van der Waals surface area contributed by atoms with Crippen LogP contribution in [0.1, 0.15) is 29.3 Å². The molecule has 0 radical (unpaired) electrons. The first-order valence-electron chi connectivity index (χ1n) is 5.43. The Balaban J connectivity index is 2.09. The Hall–Kier alpha value is -0.940. The maximum Gasteiger partial charge on any atom is 0.273 e. The number of hydrogen-bond donors (Lipinski definition) is 0. The van der Waals surface area contributed by atoms with E-state index in [9.17, 15) is 4.79 Å². The predicted molar refractivity (Wildman–Crippen MR) is 62.8 cm³/mol. The van der Waals surface area contributed by atoms with Crippen molar-refractivity contribution >= 4 is 17.2 Å². The third-order valence-corrected chi connectivity index (χ3v) is 3.32. The van der Waals surface area contributed by atoms with E-state index in [0.29, 0.717) is 18.8 Å². The molecule has 1 aliphatic rings. The van der Waals surface area contributed by atoms with Gasteiger partial charge in [-0.1, -0.05) is 0 Å². The highest BCUT2D eigenvalue weighted by molar-refractivity contribution is 7.09. The van der Waals surface area contributed by atoms with E-state index in [4.69, 9.17) is 4.74 Å². The van der Waals surface area contributed by atoms with Gasteiger partial charge in [-0.3, -0.25) is 4.79 Å². The van der Waals surface area contributed by atoms with E-state index in [0.717, 1.165) is 5.01 Å². The second-order valence-corrected chi connectivity index (χ2v) is 5.28. The molecule has 1 aliphatic heterocycles. The van der Waals surface area contributed by atoms with Gasteiger partial charge in [0, 0.05) is 18.5 Å². The number of morpholine rings is 1. The van der Waals surface area contributed by atoms with Crippen molar-refractivity contribution in [3.05, 3.63) is 16.1 Å². The number of rotatable bonds is 1. The van der Waals surface area contributed by atoms with Crippen LogP contribution >= 0.6 is 11.3 Å². The van der Waals surface area contributed by atoms with Crippen LogP contribution in [0.15, 0.2) is 5.38 Å². The highest BCUT2D eigenvalue weighted by atomic mass is 32.1. The van der Waals surface area contributed by atoms with Gasteiger partial charge in [0.15, 0.2) is 0 Å². The zero-order valence-corrected chi connectivity index (χ0v) is 10.6. The summed E-state index contributed by atoms with van der Waals surface area (Å²) >= 11 is 1.51. The summed E-state index contributed by atoms with van der Waals surface area (Å²) < 4.78 is 5.60. The van der Waals surface area contributed by atoms with Crippen LogP contribution in [0.25, 0.3) is 0 Å². The molecule has 0 saturated carbocycles. The summed E-state index contributed by atoms with van der Waals surface area (Å²) in [5, 5.41) is 2.75. The van der Waals surface area contributed by atoms with Crippen molar-refractivity contribution in [3.63, 3.8) is 0 Å². The van der Waals surface area contributed by atoms with Gasteiger partial charge in [-0.15, -0.1) is 11.3 Å². The van der Waals surface area contributed by atoms with Crippen molar-refractivity contribution in [1.82, 2.24) is 9.88 Å².